The number of aromatic nitrogens is 3. The van der Waals surface area contributed by atoms with Crippen molar-refractivity contribution in [1.82, 2.24) is 14.3 Å². The first-order chi connectivity index (χ1) is 9.70. The van der Waals surface area contributed by atoms with Gasteiger partial charge in [0, 0.05) is 24.1 Å². The number of ether oxygens (including phenoxy) is 1. The minimum atomic E-state index is 0.253. The van der Waals surface area contributed by atoms with Crippen molar-refractivity contribution in [2.75, 3.05) is 13.2 Å². The highest BCUT2D eigenvalue weighted by atomic mass is 16.5. The Bertz CT molecular complexity index is 636. The number of rotatable bonds is 3. The second-order valence-corrected chi connectivity index (χ2v) is 5.24. The van der Waals surface area contributed by atoms with Crippen LogP contribution in [0.2, 0.25) is 0 Å². The molecule has 0 N–H and O–H groups in total. The molecule has 1 atom stereocenters. The molecule has 1 aliphatic heterocycles. The second-order valence-electron chi connectivity index (χ2n) is 5.24. The van der Waals surface area contributed by atoms with E-state index >= 15 is 0 Å². The average molecular weight is 270 g/mol. The van der Waals surface area contributed by atoms with Crippen LogP contribution in [-0.2, 0) is 11.2 Å². The van der Waals surface area contributed by atoms with Crippen LogP contribution in [-0.4, -0.2) is 27.6 Å². The van der Waals surface area contributed by atoms with Crippen LogP contribution in [0.15, 0.2) is 18.2 Å². The first kappa shape index (κ1) is 12.9. The molecule has 0 saturated carbocycles. The summed E-state index contributed by atoms with van der Waals surface area (Å²) in [6, 6.07) is 8.65. The summed E-state index contributed by atoms with van der Waals surface area (Å²) >= 11 is 0. The summed E-state index contributed by atoms with van der Waals surface area (Å²) in [5, 5.41) is 13.7. The molecule has 5 heteroatoms. The van der Waals surface area contributed by atoms with Gasteiger partial charge in [-0.3, -0.25) is 4.68 Å². The third-order valence-electron chi connectivity index (χ3n) is 3.81. The number of aryl methyl sites for hydroxylation is 2. The molecule has 1 aliphatic rings. The van der Waals surface area contributed by atoms with Crippen LogP contribution in [0.1, 0.15) is 29.5 Å². The lowest BCUT2D eigenvalue weighted by molar-refractivity contribution is 0.184. The quantitative estimate of drug-likeness (QED) is 0.860. The number of hydrogen-bond donors (Lipinski definition) is 0. The van der Waals surface area contributed by atoms with Crippen LogP contribution >= 0.6 is 0 Å². The Morgan fingerprint density at radius 1 is 1.40 bits per heavy atom. The molecular weight excluding hydrogens is 252 g/mol. The molecule has 20 heavy (non-hydrogen) atoms. The third kappa shape index (κ3) is 2.12. The highest BCUT2D eigenvalue weighted by molar-refractivity contribution is 5.33. The van der Waals surface area contributed by atoms with Crippen LogP contribution < -0.4 is 0 Å². The number of hydrogen-bond acceptors (Lipinski definition) is 3. The van der Waals surface area contributed by atoms with Crippen molar-refractivity contribution in [3.8, 4) is 11.9 Å². The lowest BCUT2D eigenvalue weighted by Crippen LogP contribution is -2.14. The van der Waals surface area contributed by atoms with Crippen molar-refractivity contribution in [3.05, 3.63) is 35.3 Å². The first-order valence-electron chi connectivity index (χ1n) is 6.89. The number of nitrogens with zero attached hydrogens (tertiary/aromatic N) is 4. The van der Waals surface area contributed by atoms with Crippen molar-refractivity contribution in [1.29, 1.82) is 5.26 Å². The molecule has 0 bridgehead atoms. The van der Waals surface area contributed by atoms with Crippen molar-refractivity contribution in [3.63, 3.8) is 0 Å². The van der Waals surface area contributed by atoms with Gasteiger partial charge in [-0.05, 0) is 32.4 Å². The molecule has 5 nitrogen and oxygen atoms in total. The van der Waals surface area contributed by atoms with Crippen LogP contribution in [0.3, 0.4) is 0 Å². The molecule has 104 valence electrons. The summed E-state index contributed by atoms with van der Waals surface area (Å²) in [5.41, 5.74) is 3.27. The topological polar surface area (TPSA) is 55.8 Å². The van der Waals surface area contributed by atoms with Gasteiger partial charge in [-0.1, -0.05) is 0 Å². The minimum absolute atomic E-state index is 0.253. The van der Waals surface area contributed by atoms with Crippen molar-refractivity contribution in [2.24, 2.45) is 0 Å². The van der Waals surface area contributed by atoms with Gasteiger partial charge in [-0.15, -0.1) is 0 Å². The molecule has 1 fully saturated rings. The van der Waals surface area contributed by atoms with Gasteiger partial charge in [-0.2, -0.15) is 10.4 Å². The molecule has 2 aromatic heterocycles. The molecule has 0 spiro atoms. The highest BCUT2D eigenvalue weighted by Crippen LogP contribution is 2.24. The van der Waals surface area contributed by atoms with Crippen LogP contribution in [0.4, 0.5) is 0 Å². The molecule has 0 aromatic carbocycles. The van der Waals surface area contributed by atoms with Crippen LogP contribution in [0, 0.1) is 25.2 Å². The predicted molar refractivity (Wildman–Crippen MR) is 74.8 cm³/mol. The van der Waals surface area contributed by atoms with Crippen LogP contribution in [0.5, 0.6) is 0 Å². The fourth-order valence-corrected chi connectivity index (χ4v) is 2.80. The Morgan fingerprint density at radius 2 is 2.15 bits per heavy atom. The molecule has 1 saturated heterocycles. The van der Waals surface area contributed by atoms with Gasteiger partial charge in [0.1, 0.15) is 0 Å². The van der Waals surface area contributed by atoms with Crippen molar-refractivity contribution < 1.29 is 4.74 Å². The largest absolute Gasteiger partial charge is 0.379 e. The lowest BCUT2D eigenvalue weighted by atomic mass is 10.2. The monoisotopic (exact) mass is 270 g/mol. The predicted octanol–water partition coefficient (Wildman–Crippen LogP) is 2.32. The van der Waals surface area contributed by atoms with Gasteiger partial charge in [0.2, 0.25) is 0 Å². The van der Waals surface area contributed by atoms with Crippen molar-refractivity contribution in [2.45, 2.75) is 32.7 Å². The maximum Gasteiger partial charge on any atom is 0.159 e. The van der Waals surface area contributed by atoms with E-state index in [0.717, 1.165) is 35.9 Å². The molecule has 0 amide bonds. The molecule has 0 unspecified atom stereocenters. The van der Waals surface area contributed by atoms with Crippen molar-refractivity contribution >= 4 is 0 Å². The summed E-state index contributed by atoms with van der Waals surface area (Å²) in [7, 11) is 0. The van der Waals surface area contributed by atoms with E-state index in [-0.39, 0.29) is 6.04 Å². The Hall–Kier alpha value is -2.06. The fraction of sp³-hybridized carbons (Fsp3) is 0.467. The maximum absolute atomic E-state index is 9.01. The molecule has 3 heterocycles. The normalized spacial score (nSPS) is 18.4. The summed E-state index contributed by atoms with van der Waals surface area (Å²) < 4.78 is 9.54. The molecule has 2 aromatic rings. The van der Waals surface area contributed by atoms with Crippen LogP contribution in [0.25, 0.3) is 5.82 Å². The molecule has 0 aliphatic carbocycles. The molecule has 3 rings (SSSR count). The van der Waals surface area contributed by atoms with E-state index in [1.165, 1.54) is 0 Å². The van der Waals surface area contributed by atoms with E-state index in [9.17, 15) is 0 Å². The number of nitriles is 1. The molecule has 0 radical (unpaired) electrons. The standard InChI is InChI=1S/C15H18N4O/c1-11-3-4-12(2)18(11)15-9-13(5-7-16)19(17-15)14-6-8-20-10-14/h3-4,9,14H,5-6,8,10H2,1-2H3/t14-/m1/s1. The van der Waals surface area contributed by atoms with E-state index in [1.807, 2.05) is 10.7 Å². The SMILES string of the molecule is Cc1ccc(C)n1-c1cc(CC#N)n([C@@H]2CCOC2)n1. The van der Waals surface area contributed by atoms with E-state index in [1.54, 1.807) is 0 Å². The van der Waals surface area contributed by atoms with Gasteiger partial charge < -0.3 is 9.30 Å². The van der Waals surface area contributed by atoms with E-state index < -0.39 is 0 Å². The maximum atomic E-state index is 9.01. The Balaban J connectivity index is 2.05. The summed E-state index contributed by atoms with van der Waals surface area (Å²) in [5.74, 6) is 0.891. The summed E-state index contributed by atoms with van der Waals surface area (Å²) in [6.07, 6.45) is 1.34. The Kier molecular flexibility index (Phi) is 3.33. The summed E-state index contributed by atoms with van der Waals surface area (Å²) in [6.45, 7) is 5.58. The zero-order valence-electron chi connectivity index (χ0n) is 11.8. The minimum Gasteiger partial charge on any atom is -0.379 e. The van der Waals surface area contributed by atoms with Gasteiger partial charge in [-0.25, -0.2) is 0 Å². The molecular formula is C15H18N4O. The second kappa shape index (κ2) is 5.14. The fourth-order valence-electron chi connectivity index (χ4n) is 2.80. The van der Waals surface area contributed by atoms with E-state index in [0.29, 0.717) is 13.0 Å². The zero-order valence-corrected chi connectivity index (χ0v) is 11.8. The van der Waals surface area contributed by atoms with Gasteiger partial charge in [0.25, 0.3) is 0 Å². The van der Waals surface area contributed by atoms with E-state index in [2.05, 4.69) is 36.6 Å². The first-order valence-corrected chi connectivity index (χ1v) is 6.89. The Labute approximate surface area is 118 Å². The Morgan fingerprint density at radius 3 is 2.75 bits per heavy atom. The third-order valence-corrected chi connectivity index (χ3v) is 3.81. The van der Waals surface area contributed by atoms with Gasteiger partial charge >= 0.3 is 0 Å². The van der Waals surface area contributed by atoms with Gasteiger partial charge in [0.15, 0.2) is 5.82 Å². The zero-order chi connectivity index (χ0) is 14.1. The smallest absolute Gasteiger partial charge is 0.159 e. The highest BCUT2D eigenvalue weighted by Gasteiger charge is 2.22. The summed E-state index contributed by atoms with van der Waals surface area (Å²) in [4.78, 5) is 0. The van der Waals surface area contributed by atoms with E-state index in [4.69, 9.17) is 15.1 Å². The lowest BCUT2D eigenvalue weighted by Gasteiger charge is -2.11. The van der Waals surface area contributed by atoms with Gasteiger partial charge in [0.05, 0.1) is 30.8 Å². The average Bonchev–Trinajstić information content (AvgIpc) is 3.11.